The molecular formula is C14H9F4NO2. The number of hydrogen-bond acceptors (Lipinski definition) is 2. The molecule has 0 heterocycles. The van der Waals surface area contributed by atoms with Crippen LogP contribution >= 0.6 is 0 Å². The fraction of sp³-hybridized carbons (Fsp3) is 0.0714. The first kappa shape index (κ1) is 14.8. The Bertz CT molecular complexity index is 666. The molecule has 110 valence electrons. The number of rotatable bonds is 3. The summed E-state index contributed by atoms with van der Waals surface area (Å²) in [6.45, 7) is 0. The molecule has 0 saturated heterocycles. The minimum Gasteiger partial charge on any atom is -0.478 e. The summed E-state index contributed by atoms with van der Waals surface area (Å²) in [4.78, 5) is 10.7. The first-order valence-electron chi connectivity index (χ1n) is 5.74. The second-order valence-electron chi connectivity index (χ2n) is 4.20. The minimum absolute atomic E-state index is 0.0495. The third-order valence-electron chi connectivity index (χ3n) is 2.71. The number of benzene rings is 2. The number of aromatic carboxylic acids is 1. The Balaban J connectivity index is 2.22. The molecular weight excluding hydrogens is 290 g/mol. The van der Waals surface area contributed by atoms with Crippen molar-refractivity contribution in [2.75, 3.05) is 5.32 Å². The summed E-state index contributed by atoms with van der Waals surface area (Å²) < 4.78 is 50.8. The smallest absolute Gasteiger partial charge is 0.416 e. The van der Waals surface area contributed by atoms with Crippen LogP contribution < -0.4 is 5.32 Å². The van der Waals surface area contributed by atoms with Crippen molar-refractivity contribution in [1.29, 1.82) is 0 Å². The standard InChI is InChI=1S/C14H9F4NO2/c15-11-7-9(14(16,17)18)3-6-12(11)19-10-4-1-8(2-5-10)13(20)21/h1-7,19H,(H,20,21). The fourth-order valence-corrected chi connectivity index (χ4v) is 1.64. The van der Waals surface area contributed by atoms with Gasteiger partial charge >= 0.3 is 12.1 Å². The molecule has 0 aliphatic carbocycles. The van der Waals surface area contributed by atoms with Gasteiger partial charge in [0.25, 0.3) is 0 Å². The van der Waals surface area contributed by atoms with Crippen molar-refractivity contribution in [3.63, 3.8) is 0 Å². The predicted octanol–water partition coefficient (Wildman–Crippen LogP) is 4.29. The van der Waals surface area contributed by atoms with Crippen LogP contribution in [-0.4, -0.2) is 11.1 Å². The van der Waals surface area contributed by atoms with Crippen molar-refractivity contribution in [1.82, 2.24) is 0 Å². The molecule has 2 aromatic carbocycles. The van der Waals surface area contributed by atoms with Gasteiger partial charge in [0.2, 0.25) is 0 Å². The first-order chi connectivity index (χ1) is 9.77. The predicted molar refractivity (Wildman–Crippen MR) is 68.1 cm³/mol. The van der Waals surface area contributed by atoms with Crippen molar-refractivity contribution in [2.24, 2.45) is 0 Å². The molecule has 3 nitrogen and oxygen atoms in total. The number of nitrogens with one attached hydrogen (secondary N) is 1. The van der Waals surface area contributed by atoms with Gasteiger partial charge in [-0.3, -0.25) is 0 Å². The minimum atomic E-state index is -4.61. The van der Waals surface area contributed by atoms with Crippen molar-refractivity contribution in [3.8, 4) is 0 Å². The highest BCUT2D eigenvalue weighted by Gasteiger charge is 2.31. The van der Waals surface area contributed by atoms with E-state index in [4.69, 9.17) is 5.11 Å². The van der Waals surface area contributed by atoms with Gasteiger partial charge in [0.15, 0.2) is 0 Å². The van der Waals surface area contributed by atoms with Gasteiger partial charge in [0, 0.05) is 5.69 Å². The molecule has 0 atom stereocenters. The third-order valence-corrected chi connectivity index (χ3v) is 2.71. The molecule has 0 spiro atoms. The number of alkyl halides is 3. The van der Waals surface area contributed by atoms with Gasteiger partial charge in [-0.2, -0.15) is 13.2 Å². The molecule has 0 unspecified atom stereocenters. The third kappa shape index (κ3) is 3.50. The molecule has 0 saturated carbocycles. The summed E-state index contributed by atoms with van der Waals surface area (Å²) in [7, 11) is 0. The Labute approximate surface area is 116 Å². The molecule has 2 rings (SSSR count). The van der Waals surface area contributed by atoms with E-state index in [2.05, 4.69) is 5.32 Å². The Morgan fingerprint density at radius 1 is 1.05 bits per heavy atom. The van der Waals surface area contributed by atoms with Crippen molar-refractivity contribution >= 4 is 17.3 Å². The van der Waals surface area contributed by atoms with E-state index in [1.165, 1.54) is 24.3 Å². The maximum absolute atomic E-state index is 13.6. The zero-order chi connectivity index (χ0) is 15.6. The molecule has 0 amide bonds. The summed E-state index contributed by atoms with van der Waals surface area (Å²) >= 11 is 0. The van der Waals surface area contributed by atoms with Crippen LogP contribution in [0, 0.1) is 5.82 Å². The average Bonchev–Trinajstić information content (AvgIpc) is 2.40. The molecule has 0 aliphatic heterocycles. The van der Waals surface area contributed by atoms with E-state index in [-0.39, 0.29) is 11.3 Å². The van der Waals surface area contributed by atoms with Crippen LogP contribution in [0.3, 0.4) is 0 Å². The van der Waals surface area contributed by atoms with Gasteiger partial charge in [0.1, 0.15) is 5.82 Å². The maximum atomic E-state index is 13.6. The molecule has 0 aliphatic rings. The van der Waals surface area contributed by atoms with Gasteiger partial charge in [0.05, 0.1) is 16.8 Å². The van der Waals surface area contributed by atoms with Gasteiger partial charge in [-0.15, -0.1) is 0 Å². The van der Waals surface area contributed by atoms with Crippen LogP contribution in [0.15, 0.2) is 42.5 Å². The monoisotopic (exact) mass is 299 g/mol. The molecule has 0 fully saturated rings. The molecule has 0 aromatic heterocycles. The quantitative estimate of drug-likeness (QED) is 0.831. The molecule has 21 heavy (non-hydrogen) atoms. The van der Waals surface area contributed by atoms with Gasteiger partial charge < -0.3 is 10.4 Å². The van der Waals surface area contributed by atoms with Crippen LogP contribution in [0.2, 0.25) is 0 Å². The summed E-state index contributed by atoms with van der Waals surface area (Å²) in [6, 6.07) is 7.51. The van der Waals surface area contributed by atoms with E-state index >= 15 is 0 Å². The number of hydrogen-bond donors (Lipinski definition) is 2. The SMILES string of the molecule is O=C(O)c1ccc(Nc2ccc(C(F)(F)F)cc2F)cc1. The van der Waals surface area contributed by atoms with Crippen LogP contribution in [0.1, 0.15) is 15.9 Å². The summed E-state index contributed by atoms with van der Waals surface area (Å²) in [6.07, 6.45) is -4.61. The number of carboxylic acid groups (broad SMARTS) is 1. The van der Waals surface area contributed by atoms with E-state index in [1.54, 1.807) is 0 Å². The van der Waals surface area contributed by atoms with Gasteiger partial charge in [-0.25, -0.2) is 9.18 Å². The van der Waals surface area contributed by atoms with Crippen LogP contribution in [0.25, 0.3) is 0 Å². The number of halogens is 4. The van der Waals surface area contributed by atoms with Crippen LogP contribution in [0.5, 0.6) is 0 Å². The second-order valence-corrected chi connectivity index (χ2v) is 4.20. The van der Waals surface area contributed by atoms with E-state index in [0.29, 0.717) is 11.8 Å². The molecule has 0 bridgehead atoms. The largest absolute Gasteiger partial charge is 0.478 e. The first-order valence-corrected chi connectivity index (χ1v) is 5.74. The summed E-state index contributed by atoms with van der Waals surface area (Å²) in [5.74, 6) is -2.16. The zero-order valence-electron chi connectivity index (χ0n) is 10.4. The topological polar surface area (TPSA) is 49.3 Å². The van der Waals surface area contributed by atoms with E-state index < -0.39 is 23.5 Å². The zero-order valence-corrected chi connectivity index (χ0v) is 10.4. The van der Waals surface area contributed by atoms with Crippen molar-refractivity contribution in [3.05, 3.63) is 59.4 Å². The lowest BCUT2D eigenvalue weighted by Crippen LogP contribution is -2.06. The normalized spacial score (nSPS) is 11.2. The molecule has 2 N–H and O–H groups in total. The van der Waals surface area contributed by atoms with Crippen LogP contribution in [-0.2, 0) is 6.18 Å². The fourth-order valence-electron chi connectivity index (χ4n) is 1.64. The Kier molecular flexibility index (Phi) is 3.84. The number of carbonyl (C=O) groups is 1. The highest BCUT2D eigenvalue weighted by atomic mass is 19.4. The van der Waals surface area contributed by atoms with Crippen molar-refractivity contribution < 1.29 is 27.5 Å². The van der Waals surface area contributed by atoms with Gasteiger partial charge in [-0.05, 0) is 42.5 Å². The van der Waals surface area contributed by atoms with E-state index in [0.717, 1.165) is 12.1 Å². The Morgan fingerprint density at radius 2 is 1.67 bits per heavy atom. The lowest BCUT2D eigenvalue weighted by Gasteiger charge is -2.11. The maximum Gasteiger partial charge on any atom is 0.416 e. The number of carboxylic acids is 1. The van der Waals surface area contributed by atoms with Crippen LogP contribution in [0.4, 0.5) is 28.9 Å². The lowest BCUT2D eigenvalue weighted by molar-refractivity contribution is -0.137. The van der Waals surface area contributed by atoms with Crippen molar-refractivity contribution in [2.45, 2.75) is 6.18 Å². The Morgan fingerprint density at radius 3 is 2.14 bits per heavy atom. The molecule has 2 aromatic rings. The Hall–Kier alpha value is -2.57. The highest BCUT2D eigenvalue weighted by molar-refractivity contribution is 5.88. The lowest BCUT2D eigenvalue weighted by atomic mass is 10.1. The summed E-state index contributed by atoms with van der Waals surface area (Å²) in [5, 5.41) is 11.3. The summed E-state index contributed by atoms with van der Waals surface area (Å²) in [5.41, 5.74) is -0.801. The van der Waals surface area contributed by atoms with Gasteiger partial charge in [-0.1, -0.05) is 0 Å². The highest BCUT2D eigenvalue weighted by Crippen LogP contribution is 2.32. The second kappa shape index (κ2) is 5.43. The molecule has 0 radical (unpaired) electrons. The number of anilines is 2. The van der Waals surface area contributed by atoms with E-state index in [9.17, 15) is 22.4 Å². The van der Waals surface area contributed by atoms with E-state index in [1.807, 2.05) is 0 Å². The average molecular weight is 299 g/mol. The molecule has 7 heteroatoms.